The lowest BCUT2D eigenvalue weighted by Gasteiger charge is -2.60. The van der Waals surface area contributed by atoms with E-state index >= 15 is 0 Å². The number of carbonyl (C=O) groups is 2. The maximum Gasteiger partial charge on any atom is 0.410 e. The van der Waals surface area contributed by atoms with E-state index in [0.717, 1.165) is 31.9 Å². The molecule has 2 saturated heterocycles. The summed E-state index contributed by atoms with van der Waals surface area (Å²) in [7, 11) is 1.34. The van der Waals surface area contributed by atoms with Crippen LogP contribution in [0.25, 0.3) is 0 Å². The molecule has 1 amide bonds. The van der Waals surface area contributed by atoms with E-state index in [9.17, 15) is 9.59 Å². The summed E-state index contributed by atoms with van der Waals surface area (Å²) in [5.74, 6) is -0.436. The number of amides is 1. The van der Waals surface area contributed by atoms with Crippen LogP contribution in [0.1, 0.15) is 31.3 Å². The molecule has 3 heterocycles. The first-order valence-electron chi connectivity index (χ1n) is 7.99. The number of carbonyl (C=O) groups excluding carboxylic acids is 2. The molecule has 2 fully saturated rings. The van der Waals surface area contributed by atoms with Crippen molar-refractivity contribution in [3.8, 4) is 0 Å². The standard InChI is InChI=1S/C17H23N3O4/c1-16(2,3)24-15(22)20-10-17(11-20)8-19(9-17)12-5-6-13(18-7-12)14(21)23-4/h5-7H,8-11H2,1-4H3. The van der Waals surface area contributed by atoms with Crippen LogP contribution in [0, 0.1) is 5.41 Å². The number of aromatic nitrogens is 1. The maximum atomic E-state index is 12.0. The molecule has 0 N–H and O–H groups in total. The van der Waals surface area contributed by atoms with Gasteiger partial charge in [-0.3, -0.25) is 0 Å². The molecule has 7 nitrogen and oxygen atoms in total. The topological polar surface area (TPSA) is 72.0 Å². The Balaban J connectivity index is 1.50. The molecule has 0 aliphatic carbocycles. The highest BCUT2D eigenvalue weighted by molar-refractivity contribution is 5.87. The van der Waals surface area contributed by atoms with Crippen LogP contribution >= 0.6 is 0 Å². The molecule has 0 bridgehead atoms. The highest BCUT2D eigenvalue weighted by atomic mass is 16.6. The van der Waals surface area contributed by atoms with E-state index in [1.165, 1.54) is 7.11 Å². The fourth-order valence-corrected chi connectivity index (χ4v) is 3.16. The highest BCUT2D eigenvalue weighted by Crippen LogP contribution is 2.42. The minimum absolute atomic E-state index is 0.165. The lowest BCUT2D eigenvalue weighted by molar-refractivity contribution is -0.0453. The molecule has 24 heavy (non-hydrogen) atoms. The van der Waals surface area contributed by atoms with Crippen molar-refractivity contribution in [2.45, 2.75) is 26.4 Å². The highest BCUT2D eigenvalue weighted by Gasteiger charge is 2.54. The van der Waals surface area contributed by atoms with Crippen LogP contribution in [0.5, 0.6) is 0 Å². The summed E-state index contributed by atoms with van der Waals surface area (Å²) in [6, 6.07) is 3.54. The summed E-state index contributed by atoms with van der Waals surface area (Å²) >= 11 is 0. The summed E-state index contributed by atoms with van der Waals surface area (Å²) in [5.41, 5.74) is 0.983. The molecule has 0 unspecified atom stereocenters. The number of ether oxygens (including phenoxy) is 2. The van der Waals surface area contributed by atoms with Gasteiger partial charge in [0.15, 0.2) is 0 Å². The number of hydrogen-bond acceptors (Lipinski definition) is 6. The van der Waals surface area contributed by atoms with Crippen molar-refractivity contribution in [2.24, 2.45) is 5.41 Å². The average molecular weight is 333 g/mol. The Morgan fingerprint density at radius 2 is 1.83 bits per heavy atom. The Bertz CT molecular complexity index is 637. The molecule has 1 spiro atoms. The van der Waals surface area contributed by atoms with Gasteiger partial charge in [0.05, 0.1) is 19.0 Å². The molecule has 0 atom stereocenters. The largest absolute Gasteiger partial charge is 0.464 e. The molecule has 7 heteroatoms. The van der Waals surface area contributed by atoms with Crippen LogP contribution in [-0.4, -0.2) is 60.8 Å². The van der Waals surface area contributed by atoms with Gasteiger partial charge in [0.2, 0.25) is 0 Å². The fraction of sp³-hybridized carbons (Fsp3) is 0.588. The molecule has 0 aromatic carbocycles. The third-order valence-electron chi connectivity index (χ3n) is 4.26. The summed E-state index contributed by atoms with van der Waals surface area (Å²) in [5, 5.41) is 0. The van der Waals surface area contributed by atoms with Gasteiger partial charge < -0.3 is 19.3 Å². The van der Waals surface area contributed by atoms with Crippen LogP contribution in [-0.2, 0) is 9.47 Å². The van der Waals surface area contributed by atoms with Gasteiger partial charge in [-0.1, -0.05) is 0 Å². The monoisotopic (exact) mass is 333 g/mol. The van der Waals surface area contributed by atoms with E-state index in [1.807, 2.05) is 26.8 Å². The van der Waals surface area contributed by atoms with Crippen molar-refractivity contribution in [1.29, 1.82) is 0 Å². The second kappa shape index (κ2) is 5.65. The van der Waals surface area contributed by atoms with Gasteiger partial charge in [0.25, 0.3) is 0 Å². The number of pyridine rings is 1. The summed E-state index contributed by atoms with van der Waals surface area (Å²) in [6.07, 6.45) is 1.44. The molecule has 3 rings (SSSR count). The number of likely N-dealkylation sites (tertiary alicyclic amines) is 1. The number of anilines is 1. The van der Waals surface area contributed by atoms with Crippen molar-refractivity contribution < 1.29 is 19.1 Å². The number of nitrogens with zero attached hydrogens (tertiary/aromatic N) is 3. The number of hydrogen-bond donors (Lipinski definition) is 0. The third-order valence-corrected chi connectivity index (χ3v) is 4.26. The number of methoxy groups -OCH3 is 1. The van der Waals surface area contributed by atoms with Gasteiger partial charge in [0, 0.05) is 31.6 Å². The minimum atomic E-state index is -0.460. The Kier molecular flexibility index (Phi) is 3.89. The second-order valence-corrected chi connectivity index (χ2v) is 7.59. The van der Waals surface area contributed by atoms with Crippen LogP contribution in [0.4, 0.5) is 10.5 Å². The van der Waals surface area contributed by atoms with Crippen molar-refractivity contribution >= 4 is 17.7 Å². The van der Waals surface area contributed by atoms with Gasteiger partial charge in [-0.15, -0.1) is 0 Å². The van der Waals surface area contributed by atoms with Gasteiger partial charge in [0.1, 0.15) is 11.3 Å². The molecular weight excluding hydrogens is 310 g/mol. The van der Waals surface area contributed by atoms with Crippen LogP contribution in [0.3, 0.4) is 0 Å². The molecule has 0 radical (unpaired) electrons. The Hall–Kier alpha value is -2.31. The Labute approximate surface area is 141 Å². The maximum absolute atomic E-state index is 12.0. The fourth-order valence-electron chi connectivity index (χ4n) is 3.16. The zero-order valence-corrected chi connectivity index (χ0v) is 14.5. The van der Waals surface area contributed by atoms with Crippen molar-refractivity contribution in [3.63, 3.8) is 0 Å². The van der Waals surface area contributed by atoms with Gasteiger partial charge in [-0.2, -0.15) is 0 Å². The quantitative estimate of drug-likeness (QED) is 0.770. The lowest BCUT2D eigenvalue weighted by atomic mass is 9.73. The molecule has 1 aromatic rings. The Morgan fingerprint density at radius 3 is 2.33 bits per heavy atom. The summed E-state index contributed by atoms with van der Waals surface area (Å²) < 4.78 is 10.0. The van der Waals surface area contributed by atoms with E-state index in [0.29, 0.717) is 5.69 Å². The first-order chi connectivity index (χ1) is 11.2. The minimum Gasteiger partial charge on any atom is -0.464 e. The number of rotatable bonds is 2. The summed E-state index contributed by atoms with van der Waals surface area (Å²) in [4.78, 5) is 31.4. The second-order valence-electron chi connectivity index (χ2n) is 7.59. The molecule has 2 aliphatic rings. The van der Waals surface area contributed by atoms with Crippen LogP contribution in [0.15, 0.2) is 18.3 Å². The molecule has 0 saturated carbocycles. The first kappa shape index (κ1) is 16.5. The van der Waals surface area contributed by atoms with E-state index in [-0.39, 0.29) is 11.5 Å². The predicted octanol–water partition coefficient (Wildman–Crippen LogP) is 1.93. The third kappa shape index (κ3) is 3.16. The Morgan fingerprint density at radius 1 is 1.17 bits per heavy atom. The zero-order chi connectivity index (χ0) is 17.5. The SMILES string of the molecule is COC(=O)c1ccc(N2CC3(CN(C(=O)OC(C)(C)C)C3)C2)cn1. The number of esters is 1. The molecule has 130 valence electrons. The van der Waals surface area contributed by atoms with Crippen LogP contribution in [0.2, 0.25) is 0 Å². The predicted molar refractivity (Wildman–Crippen MR) is 88.0 cm³/mol. The average Bonchev–Trinajstić information content (AvgIpc) is 2.42. The lowest BCUT2D eigenvalue weighted by Crippen LogP contribution is -2.73. The normalized spacial score (nSPS) is 18.7. The van der Waals surface area contributed by atoms with Gasteiger partial charge in [-0.05, 0) is 32.9 Å². The smallest absolute Gasteiger partial charge is 0.410 e. The van der Waals surface area contributed by atoms with E-state index < -0.39 is 11.6 Å². The molecule has 2 aliphatic heterocycles. The van der Waals surface area contributed by atoms with Crippen LogP contribution < -0.4 is 4.90 Å². The van der Waals surface area contributed by atoms with Crippen molar-refractivity contribution in [2.75, 3.05) is 38.2 Å². The van der Waals surface area contributed by atoms with Gasteiger partial charge in [-0.25, -0.2) is 14.6 Å². The molecular formula is C17H23N3O4. The van der Waals surface area contributed by atoms with Crippen molar-refractivity contribution in [1.82, 2.24) is 9.88 Å². The summed E-state index contributed by atoms with van der Waals surface area (Å²) in [6.45, 7) is 8.83. The van der Waals surface area contributed by atoms with Gasteiger partial charge >= 0.3 is 12.1 Å². The first-order valence-corrected chi connectivity index (χ1v) is 7.99. The zero-order valence-electron chi connectivity index (χ0n) is 14.5. The van der Waals surface area contributed by atoms with Crippen molar-refractivity contribution in [3.05, 3.63) is 24.0 Å². The van der Waals surface area contributed by atoms with E-state index in [2.05, 4.69) is 14.6 Å². The van der Waals surface area contributed by atoms with E-state index in [1.54, 1.807) is 17.2 Å². The van der Waals surface area contributed by atoms with E-state index in [4.69, 9.17) is 4.74 Å². The molecule has 1 aromatic heterocycles.